The smallest absolute Gasteiger partial charge is 0.181 e. The van der Waals surface area contributed by atoms with Gasteiger partial charge in [0.1, 0.15) is 22.2 Å². The molecular weight excluding hydrogens is 184 g/mol. The molecule has 0 spiro atoms. The molecule has 4 nitrogen and oxygen atoms in total. The van der Waals surface area contributed by atoms with Crippen LogP contribution in [0.25, 0.3) is 21.5 Å². The lowest BCUT2D eigenvalue weighted by Gasteiger charge is -1.93. The quantitative estimate of drug-likeness (QED) is 0.538. The minimum Gasteiger partial charge on any atom is -0.242 e. The van der Waals surface area contributed by atoms with Gasteiger partial charge in [0.15, 0.2) is 5.65 Å². The van der Waals surface area contributed by atoms with Gasteiger partial charge in [0.25, 0.3) is 0 Å². The molecule has 0 aliphatic heterocycles. The van der Waals surface area contributed by atoms with Gasteiger partial charge in [-0.1, -0.05) is 0 Å². The standard InChI is InChI=1S/C8H4N4S/c1-2-13-8-5(1)11-7-6(12-8)3-9-4-10-7/h1-4H. The fraction of sp³-hybridized carbons (Fsp3) is 0. The van der Waals surface area contributed by atoms with E-state index in [9.17, 15) is 0 Å². The van der Waals surface area contributed by atoms with Gasteiger partial charge in [-0.25, -0.2) is 19.9 Å². The van der Waals surface area contributed by atoms with E-state index >= 15 is 0 Å². The van der Waals surface area contributed by atoms with Crippen LogP contribution in [-0.2, 0) is 0 Å². The lowest BCUT2D eigenvalue weighted by molar-refractivity contribution is 1.18. The van der Waals surface area contributed by atoms with Gasteiger partial charge in [0.2, 0.25) is 0 Å². The van der Waals surface area contributed by atoms with Crippen molar-refractivity contribution < 1.29 is 0 Å². The average molecular weight is 188 g/mol. The molecule has 0 fully saturated rings. The topological polar surface area (TPSA) is 51.6 Å². The van der Waals surface area contributed by atoms with Crippen LogP contribution in [0.4, 0.5) is 0 Å². The largest absolute Gasteiger partial charge is 0.242 e. The molecule has 0 saturated heterocycles. The molecule has 0 N–H and O–H groups in total. The van der Waals surface area contributed by atoms with Gasteiger partial charge in [0.05, 0.1) is 6.20 Å². The summed E-state index contributed by atoms with van der Waals surface area (Å²) in [5.74, 6) is 0. The normalized spacial score (nSPS) is 11.1. The van der Waals surface area contributed by atoms with Crippen LogP contribution >= 0.6 is 11.3 Å². The highest BCUT2D eigenvalue weighted by Crippen LogP contribution is 2.18. The van der Waals surface area contributed by atoms with E-state index in [1.807, 2.05) is 11.4 Å². The lowest BCUT2D eigenvalue weighted by atomic mass is 10.5. The third kappa shape index (κ3) is 0.972. The maximum atomic E-state index is 4.37. The molecule has 0 aromatic carbocycles. The zero-order valence-electron chi connectivity index (χ0n) is 6.51. The maximum Gasteiger partial charge on any atom is 0.181 e. The van der Waals surface area contributed by atoms with Crippen molar-refractivity contribution >= 4 is 32.8 Å². The highest BCUT2D eigenvalue weighted by molar-refractivity contribution is 7.16. The lowest BCUT2D eigenvalue weighted by Crippen LogP contribution is -1.87. The fourth-order valence-electron chi connectivity index (χ4n) is 1.17. The van der Waals surface area contributed by atoms with Crippen molar-refractivity contribution in [1.29, 1.82) is 0 Å². The van der Waals surface area contributed by atoms with E-state index in [0.717, 1.165) is 15.9 Å². The Balaban J connectivity index is 2.57. The van der Waals surface area contributed by atoms with Gasteiger partial charge in [-0.2, -0.15) is 0 Å². The molecule has 5 heteroatoms. The Bertz CT molecular complexity index is 525. The zero-order valence-corrected chi connectivity index (χ0v) is 7.32. The van der Waals surface area contributed by atoms with Crippen LogP contribution in [0.15, 0.2) is 24.0 Å². The molecule has 0 amide bonds. The van der Waals surface area contributed by atoms with Gasteiger partial charge >= 0.3 is 0 Å². The minimum atomic E-state index is 0.654. The summed E-state index contributed by atoms with van der Waals surface area (Å²) in [4.78, 5) is 17.6. The van der Waals surface area contributed by atoms with Crippen molar-refractivity contribution in [3.8, 4) is 0 Å². The molecule has 3 aromatic rings. The maximum absolute atomic E-state index is 4.37. The fourth-order valence-corrected chi connectivity index (χ4v) is 1.88. The molecule has 0 radical (unpaired) electrons. The summed E-state index contributed by atoms with van der Waals surface area (Å²) in [6.45, 7) is 0. The molecule has 0 saturated carbocycles. The molecule has 3 aromatic heterocycles. The Morgan fingerprint density at radius 3 is 3.15 bits per heavy atom. The predicted molar refractivity (Wildman–Crippen MR) is 50.5 cm³/mol. The third-order valence-corrected chi connectivity index (χ3v) is 2.54. The Morgan fingerprint density at radius 2 is 2.15 bits per heavy atom. The van der Waals surface area contributed by atoms with Crippen LogP contribution in [0.5, 0.6) is 0 Å². The van der Waals surface area contributed by atoms with Crippen LogP contribution in [0.3, 0.4) is 0 Å². The van der Waals surface area contributed by atoms with E-state index in [-0.39, 0.29) is 0 Å². The monoisotopic (exact) mass is 188 g/mol. The first-order chi connectivity index (χ1) is 6.43. The first-order valence-electron chi connectivity index (χ1n) is 3.74. The highest BCUT2D eigenvalue weighted by Gasteiger charge is 2.01. The van der Waals surface area contributed by atoms with E-state index in [1.165, 1.54) is 6.33 Å². The molecule has 3 heterocycles. The Labute approximate surface area is 77.3 Å². The van der Waals surface area contributed by atoms with Crippen LogP contribution in [0.2, 0.25) is 0 Å². The van der Waals surface area contributed by atoms with Crippen molar-refractivity contribution in [3.63, 3.8) is 0 Å². The zero-order chi connectivity index (χ0) is 8.67. The van der Waals surface area contributed by atoms with Crippen LogP contribution in [-0.4, -0.2) is 19.9 Å². The third-order valence-electron chi connectivity index (χ3n) is 1.75. The first kappa shape index (κ1) is 6.85. The van der Waals surface area contributed by atoms with E-state index in [4.69, 9.17) is 0 Å². The van der Waals surface area contributed by atoms with E-state index in [2.05, 4.69) is 19.9 Å². The van der Waals surface area contributed by atoms with Crippen molar-refractivity contribution in [2.24, 2.45) is 0 Å². The Kier molecular flexibility index (Phi) is 1.28. The number of nitrogens with zero attached hydrogens (tertiary/aromatic N) is 4. The van der Waals surface area contributed by atoms with Gasteiger partial charge < -0.3 is 0 Å². The SMILES string of the molecule is c1ncc2nc3sccc3nc2n1. The number of fused-ring (bicyclic) bond motifs is 2. The summed E-state index contributed by atoms with van der Waals surface area (Å²) in [6.07, 6.45) is 3.16. The summed E-state index contributed by atoms with van der Waals surface area (Å²) in [6, 6.07) is 1.94. The van der Waals surface area contributed by atoms with Gasteiger partial charge in [-0.15, -0.1) is 11.3 Å². The number of aromatic nitrogens is 4. The van der Waals surface area contributed by atoms with Crippen LogP contribution in [0, 0.1) is 0 Å². The molecule has 0 bridgehead atoms. The van der Waals surface area contributed by atoms with Crippen molar-refractivity contribution in [2.45, 2.75) is 0 Å². The summed E-state index contributed by atoms with van der Waals surface area (Å²) in [5, 5.41) is 1.97. The molecule has 3 rings (SSSR count). The second-order valence-corrected chi connectivity index (χ2v) is 3.46. The highest BCUT2D eigenvalue weighted by atomic mass is 32.1. The van der Waals surface area contributed by atoms with Gasteiger partial charge in [-0.05, 0) is 11.4 Å². The van der Waals surface area contributed by atoms with Crippen molar-refractivity contribution in [1.82, 2.24) is 19.9 Å². The van der Waals surface area contributed by atoms with E-state index in [1.54, 1.807) is 17.5 Å². The van der Waals surface area contributed by atoms with Crippen LogP contribution in [0.1, 0.15) is 0 Å². The summed E-state index contributed by atoms with van der Waals surface area (Å²) < 4.78 is 0. The Hall–Kier alpha value is -1.62. The van der Waals surface area contributed by atoms with Crippen molar-refractivity contribution in [2.75, 3.05) is 0 Å². The average Bonchev–Trinajstić information content (AvgIpc) is 2.61. The molecule has 0 aliphatic carbocycles. The second kappa shape index (κ2) is 2.43. The molecule has 0 aliphatic rings. The number of hydrogen-bond donors (Lipinski definition) is 0. The number of thiophene rings is 1. The number of hydrogen-bond acceptors (Lipinski definition) is 5. The molecule has 13 heavy (non-hydrogen) atoms. The van der Waals surface area contributed by atoms with Gasteiger partial charge in [-0.3, -0.25) is 0 Å². The summed E-state index contributed by atoms with van der Waals surface area (Å²) in [5.41, 5.74) is 2.30. The molecular formula is C8H4N4S. The van der Waals surface area contributed by atoms with Crippen molar-refractivity contribution in [3.05, 3.63) is 24.0 Å². The number of rotatable bonds is 0. The Morgan fingerprint density at radius 1 is 1.15 bits per heavy atom. The predicted octanol–water partition coefficient (Wildman–Crippen LogP) is 1.63. The molecule has 62 valence electrons. The van der Waals surface area contributed by atoms with Gasteiger partial charge in [0, 0.05) is 0 Å². The molecule has 0 atom stereocenters. The summed E-state index contributed by atoms with van der Waals surface area (Å²) in [7, 11) is 0. The summed E-state index contributed by atoms with van der Waals surface area (Å²) >= 11 is 1.57. The van der Waals surface area contributed by atoms with Crippen LogP contribution < -0.4 is 0 Å². The first-order valence-corrected chi connectivity index (χ1v) is 4.62. The van der Waals surface area contributed by atoms with E-state index in [0.29, 0.717) is 5.65 Å². The minimum absolute atomic E-state index is 0.654. The van der Waals surface area contributed by atoms with E-state index < -0.39 is 0 Å². The molecule has 0 unspecified atom stereocenters. The second-order valence-electron chi connectivity index (χ2n) is 2.57.